The van der Waals surface area contributed by atoms with E-state index in [4.69, 9.17) is 5.26 Å². The van der Waals surface area contributed by atoms with Crippen LogP contribution in [0.15, 0.2) is 6.07 Å². The summed E-state index contributed by atoms with van der Waals surface area (Å²) in [7, 11) is 1.97. The second-order valence-electron chi connectivity index (χ2n) is 5.15. The van der Waals surface area contributed by atoms with Gasteiger partial charge in [0.2, 0.25) is 0 Å². The molecule has 1 aromatic heterocycles. The number of nitriles is 1. The summed E-state index contributed by atoms with van der Waals surface area (Å²) >= 11 is 0. The van der Waals surface area contributed by atoms with Gasteiger partial charge in [0.1, 0.15) is 11.6 Å². The minimum atomic E-state index is 0.312. The second-order valence-corrected chi connectivity index (χ2v) is 5.15. The minimum Gasteiger partial charge on any atom is -0.359 e. The summed E-state index contributed by atoms with van der Waals surface area (Å²) in [5, 5.41) is 8.64. The van der Waals surface area contributed by atoms with Gasteiger partial charge in [0.25, 0.3) is 0 Å². The molecule has 0 saturated carbocycles. The molecule has 0 aliphatic heterocycles. The molecule has 0 amide bonds. The summed E-state index contributed by atoms with van der Waals surface area (Å²) in [6, 6.07) is 4.18. The molecule has 1 heterocycles. The van der Waals surface area contributed by atoms with Crippen LogP contribution in [-0.2, 0) is 0 Å². The molecule has 1 rings (SSSR count). The monoisotopic (exact) mass is 246 g/mol. The van der Waals surface area contributed by atoms with Crippen LogP contribution in [0.3, 0.4) is 0 Å². The zero-order valence-corrected chi connectivity index (χ0v) is 11.9. The van der Waals surface area contributed by atoms with Crippen LogP contribution in [0.4, 0.5) is 5.82 Å². The van der Waals surface area contributed by atoms with Gasteiger partial charge in [-0.15, -0.1) is 0 Å². The van der Waals surface area contributed by atoms with Crippen molar-refractivity contribution in [2.45, 2.75) is 46.0 Å². The van der Waals surface area contributed by atoms with Crippen molar-refractivity contribution >= 4 is 5.82 Å². The molecule has 4 heteroatoms. The van der Waals surface area contributed by atoms with Crippen LogP contribution in [0.2, 0.25) is 0 Å². The van der Waals surface area contributed by atoms with Crippen LogP contribution in [0.25, 0.3) is 0 Å². The molecule has 0 aromatic carbocycles. The van der Waals surface area contributed by atoms with E-state index in [1.54, 1.807) is 0 Å². The van der Waals surface area contributed by atoms with Gasteiger partial charge >= 0.3 is 0 Å². The van der Waals surface area contributed by atoms with Crippen molar-refractivity contribution in [2.24, 2.45) is 0 Å². The zero-order chi connectivity index (χ0) is 13.7. The first-order chi connectivity index (χ1) is 8.45. The number of anilines is 1. The second kappa shape index (κ2) is 6.34. The lowest BCUT2D eigenvalue weighted by molar-refractivity contribution is 0.721. The van der Waals surface area contributed by atoms with E-state index in [0.29, 0.717) is 24.8 Å². The van der Waals surface area contributed by atoms with E-state index in [1.807, 2.05) is 18.0 Å². The highest BCUT2D eigenvalue weighted by atomic mass is 15.2. The van der Waals surface area contributed by atoms with Crippen molar-refractivity contribution in [1.29, 1.82) is 5.26 Å². The first-order valence-corrected chi connectivity index (χ1v) is 6.42. The Labute approximate surface area is 110 Å². The summed E-state index contributed by atoms with van der Waals surface area (Å²) in [6.45, 7) is 9.15. The van der Waals surface area contributed by atoms with Crippen LogP contribution in [0.1, 0.15) is 57.5 Å². The lowest BCUT2D eigenvalue weighted by Gasteiger charge is -2.20. The van der Waals surface area contributed by atoms with Crippen molar-refractivity contribution in [3.8, 4) is 6.07 Å². The van der Waals surface area contributed by atoms with Gasteiger partial charge in [0.05, 0.1) is 12.5 Å². The Kier molecular flexibility index (Phi) is 5.08. The summed E-state index contributed by atoms with van der Waals surface area (Å²) in [6.07, 6.45) is 0.508. The third kappa shape index (κ3) is 3.69. The van der Waals surface area contributed by atoms with Crippen molar-refractivity contribution in [1.82, 2.24) is 9.97 Å². The summed E-state index contributed by atoms with van der Waals surface area (Å²) in [5.74, 6) is 2.48. The van der Waals surface area contributed by atoms with Crippen molar-refractivity contribution < 1.29 is 0 Å². The average Bonchev–Trinajstić information content (AvgIpc) is 2.35. The van der Waals surface area contributed by atoms with Gasteiger partial charge in [0.15, 0.2) is 0 Å². The Morgan fingerprint density at radius 3 is 2.39 bits per heavy atom. The van der Waals surface area contributed by atoms with Crippen molar-refractivity contribution in [3.05, 3.63) is 17.6 Å². The SMILES string of the molecule is CC(C)c1cc(N(C)CCC#N)nc(C(C)C)n1. The van der Waals surface area contributed by atoms with Crippen molar-refractivity contribution in [3.63, 3.8) is 0 Å². The fourth-order valence-corrected chi connectivity index (χ4v) is 1.55. The Balaban J connectivity index is 3.07. The maximum absolute atomic E-state index is 8.64. The molecular weight excluding hydrogens is 224 g/mol. The van der Waals surface area contributed by atoms with Crippen LogP contribution >= 0.6 is 0 Å². The van der Waals surface area contributed by atoms with Gasteiger partial charge in [-0.1, -0.05) is 27.7 Å². The highest BCUT2D eigenvalue weighted by Gasteiger charge is 2.12. The molecule has 0 aliphatic carbocycles. The molecule has 0 bridgehead atoms. The van der Waals surface area contributed by atoms with E-state index in [-0.39, 0.29) is 0 Å². The van der Waals surface area contributed by atoms with E-state index in [9.17, 15) is 0 Å². The molecule has 0 unspecified atom stereocenters. The molecular formula is C14H22N4. The van der Waals surface area contributed by atoms with E-state index >= 15 is 0 Å². The zero-order valence-electron chi connectivity index (χ0n) is 11.9. The molecule has 0 N–H and O–H groups in total. The third-order valence-electron chi connectivity index (χ3n) is 2.81. The first-order valence-electron chi connectivity index (χ1n) is 6.42. The number of nitrogens with zero attached hydrogens (tertiary/aromatic N) is 4. The average molecular weight is 246 g/mol. The fraction of sp³-hybridized carbons (Fsp3) is 0.643. The third-order valence-corrected chi connectivity index (χ3v) is 2.81. The van der Waals surface area contributed by atoms with Crippen molar-refractivity contribution in [2.75, 3.05) is 18.5 Å². The maximum atomic E-state index is 8.64. The van der Waals surface area contributed by atoms with E-state index < -0.39 is 0 Å². The van der Waals surface area contributed by atoms with Gasteiger partial charge in [-0.2, -0.15) is 5.26 Å². The number of rotatable bonds is 5. The van der Waals surface area contributed by atoms with Crippen LogP contribution in [-0.4, -0.2) is 23.6 Å². The molecule has 98 valence electrons. The fourth-order valence-electron chi connectivity index (χ4n) is 1.55. The standard InChI is InChI=1S/C14H22N4/c1-10(2)12-9-13(18(5)8-6-7-15)17-14(16-12)11(3)4/h9-11H,6,8H2,1-5H3. The Hall–Kier alpha value is -1.63. The molecule has 0 atom stereocenters. The molecule has 0 aliphatic rings. The van der Waals surface area contributed by atoms with E-state index in [0.717, 1.165) is 17.3 Å². The molecule has 4 nitrogen and oxygen atoms in total. The first kappa shape index (κ1) is 14.4. The summed E-state index contributed by atoms with van der Waals surface area (Å²) in [4.78, 5) is 11.2. The predicted molar refractivity (Wildman–Crippen MR) is 73.7 cm³/mol. The van der Waals surface area contributed by atoms with Crippen LogP contribution < -0.4 is 4.90 Å². The van der Waals surface area contributed by atoms with Crippen LogP contribution in [0, 0.1) is 11.3 Å². The Morgan fingerprint density at radius 2 is 1.89 bits per heavy atom. The molecule has 0 spiro atoms. The van der Waals surface area contributed by atoms with Gasteiger partial charge in [0, 0.05) is 31.3 Å². The van der Waals surface area contributed by atoms with Gasteiger partial charge in [-0.3, -0.25) is 0 Å². The highest BCUT2D eigenvalue weighted by Crippen LogP contribution is 2.21. The largest absolute Gasteiger partial charge is 0.359 e. The smallest absolute Gasteiger partial charge is 0.133 e. The maximum Gasteiger partial charge on any atom is 0.133 e. The number of hydrogen-bond donors (Lipinski definition) is 0. The molecule has 1 aromatic rings. The Bertz CT molecular complexity index is 406. The predicted octanol–water partition coefficient (Wildman–Crippen LogP) is 3.07. The summed E-state index contributed by atoms with van der Waals surface area (Å²) < 4.78 is 0. The minimum absolute atomic E-state index is 0.312. The highest BCUT2D eigenvalue weighted by molar-refractivity contribution is 5.40. The summed E-state index contributed by atoms with van der Waals surface area (Å²) in [5.41, 5.74) is 1.06. The normalized spacial score (nSPS) is 10.8. The Morgan fingerprint density at radius 1 is 1.22 bits per heavy atom. The topological polar surface area (TPSA) is 52.8 Å². The molecule has 0 saturated heterocycles. The van der Waals surface area contributed by atoms with Gasteiger partial charge in [-0.25, -0.2) is 9.97 Å². The number of aromatic nitrogens is 2. The lowest BCUT2D eigenvalue weighted by Crippen LogP contribution is -2.21. The van der Waals surface area contributed by atoms with E-state index in [1.165, 1.54) is 0 Å². The number of hydrogen-bond acceptors (Lipinski definition) is 4. The van der Waals surface area contributed by atoms with Crippen LogP contribution in [0.5, 0.6) is 0 Å². The molecule has 0 fully saturated rings. The van der Waals surface area contributed by atoms with E-state index in [2.05, 4.69) is 43.7 Å². The molecule has 0 radical (unpaired) electrons. The lowest BCUT2D eigenvalue weighted by atomic mass is 10.1. The molecule has 18 heavy (non-hydrogen) atoms. The van der Waals surface area contributed by atoms with Gasteiger partial charge in [-0.05, 0) is 5.92 Å². The van der Waals surface area contributed by atoms with Gasteiger partial charge < -0.3 is 4.90 Å². The quantitative estimate of drug-likeness (QED) is 0.801.